The van der Waals surface area contributed by atoms with Gasteiger partial charge in [0.2, 0.25) is 0 Å². The zero-order valence-electron chi connectivity index (χ0n) is 13.6. The first kappa shape index (κ1) is 16.3. The molecule has 0 amide bonds. The number of rotatable bonds is 4. The molecule has 0 saturated heterocycles. The summed E-state index contributed by atoms with van der Waals surface area (Å²) in [5.74, 6) is 0.717. The van der Waals surface area contributed by atoms with Crippen LogP contribution in [0.5, 0.6) is 5.75 Å². The summed E-state index contributed by atoms with van der Waals surface area (Å²) in [7, 11) is 1.52. The van der Waals surface area contributed by atoms with Crippen LogP contribution in [0.3, 0.4) is 0 Å². The second-order valence-electron chi connectivity index (χ2n) is 6.99. The molecule has 0 unspecified atom stereocenters. The maximum Gasteiger partial charge on any atom is 0.132 e. The molecule has 1 fully saturated rings. The molecule has 2 nitrogen and oxygen atoms in total. The van der Waals surface area contributed by atoms with Gasteiger partial charge in [-0.05, 0) is 49.1 Å². The minimum atomic E-state index is -1.03. The Kier molecular flexibility index (Phi) is 4.62. The van der Waals surface area contributed by atoms with Gasteiger partial charge < -0.3 is 9.84 Å². The van der Waals surface area contributed by atoms with E-state index in [0.29, 0.717) is 35.5 Å². The van der Waals surface area contributed by atoms with E-state index in [-0.39, 0.29) is 5.82 Å². The van der Waals surface area contributed by atoms with Crippen LogP contribution in [0.4, 0.5) is 4.39 Å². The molecule has 0 aliphatic heterocycles. The number of hydrogen-bond acceptors (Lipinski definition) is 2. The third-order valence-electron chi connectivity index (χ3n) is 5.51. The summed E-state index contributed by atoms with van der Waals surface area (Å²) in [5.41, 5.74) is -0.327. The van der Waals surface area contributed by atoms with Crippen LogP contribution >= 0.6 is 0 Å². The Hall–Kier alpha value is -1.09. The number of benzene rings is 1. The largest absolute Gasteiger partial charge is 0.497 e. The Balaban J connectivity index is 2.15. The lowest BCUT2D eigenvalue weighted by Crippen LogP contribution is -2.36. The fourth-order valence-electron chi connectivity index (χ4n) is 3.44. The summed E-state index contributed by atoms with van der Waals surface area (Å²) in [4.78, 5) is 0. The normalized spacial score (nSPS) is 26.7. The van der Waals surface area contributed by atoms with Crippen molar-refractivity contribution in [3.05, 3.63) is 29.6 Å². The smallest absolute Gasteiger partial charge is 0.132 e. The molecule has 21 heavy (non-hydrogen) atoms. The van der Waals surface area contributed by atoms with Crippen LogP contribution in [0.1, 0.15) is 58.4 Å². The van der Waals surface area contributed by atoms with Gasteiger partial charge in [0.1, 0.15) is 11.6 Å². The van der Waals surface area contributed by atoms with E-state index in [4.69, 9.17) is 4.74 Å². The van der Waals surface area contributed by atoms with Gasteiger partial charge in [-0.3, -0.25) is 0 Å². The van der Waals surface area contributed by atoms with E-state index < -0.39 is 5.60 Å². The molecule has 1 aliphatic carbocycles. The number of methoxy groups -OCH3 is 1. The molecule has 1 aromatic carbocycles. The Bertz CT molecular complexity index is 488. The monoisotopic (exact) mass is 294 g/mol. The van der Waals surface area contributed by atoms with Crippen LogP contribution in [-0.4, -0.2) is 12.2 Å². The number of halogens is 1. The Morgan fingerprint density at radius 2 is 1.95 bits per heavy atom. The lowest BCUT2D eigenvalue weighted by atomic mass is 9.65. The molecule has 1 N–H and O–H groups in total. The topological polar surface area (TPSA) is 29.5 Å². The van der Waals surface area contributed by atoms with Crippen molar-refractivity contribution in [1.29, 1.82) is 0 Å². The first-order valence-corrected chi connectivity index (χ1v) is 7.89. The summed E-state index contributed by atoms with van der Waals surface area (Å²) >= 11 is 0. The van der Waals surface area contributed by atoms with Gasteiger partial charge >= 0.3 is 0 Å². The molecule has 1 saturated carbocycles. The highest BCUT2D eigenvalue weighted by Crippen LogP contribution is 2.47. The van der Waals surface area contributed by atoms with Crippen molar-refractivity contribution in [3.8, 4) is 5.75 Å². The minimum Gasteiger partial charge on any atom is -0.497 e. The molecule has 118 valence electrons. The molecule has 0 atom stereocenters. The van der Waals surface area contributed by atoms with Gasteiger partial charge in [-0.15, -0.1) is 0 Å². The van der Waals surface area contributed by atoms with Gasteiger partial charge in [-0.2, -0.15) is 0 Å². The number of aliphatic hydroxyl groups is 1. The number of ether oxygens (including phenoxy) is 1. The first-order chi connectivity index (χ1) is 9.82. The predicted molar refractivity (Wildman–Crippen MR) is 82.9 cm³/mol. The number of hydrogen-bond donors (Lipinski definition) is 1. The third kappa shape index (κ3) is 3.23. The van der Waals surface area contributed by atoms with Crippen LogP contribution in [0.2, 0.25) is 0 Å². The summed E-state index contributed by atoms with van der Waals surface area (Å²) in [6.45, 7) is 6.79. The SMILES string of the molecule is CCC(C)(C)C1CCC(O)(c2ccc(OC)cc2F)CC1. The summed E-state index contributed by atoms with van der Waals surface area (Å²) < 4.78 is 19.2. The van der Waals surface area contributed by atoms with Gasteiger partial charge in [-0.1, -0.05) is 27.2 Å². The lowest BCUT2D eigenvalue weighted by Gasteiger charge is -2.42. The first-order valence-electron chi connectivity index (χ1n) is 7.89. The summed E-state index contributed by atoms with van der Waals surface area (Å²) in [6, 6.07) is 4.74. The Morgan fingerprint density at radius 1 is 1.33 bits per heavy atom. The molecule has 1 aliphatic rings. The van der Waals surface area contributed by atoms with E-state index in [0.717, 1.165) is 19.3 Å². The highest BCUT2D eigenvalue weighted by atomic mass is 19.1. The molecule has 0 spiro atoms. The van der Waals surface area contributed by atoms with Gasteiger partial charge in [0.05, 0.1) is 12.7 Å². The second-order valence-corrected chi connectivity index (χ2v) is 6.99. The summed E-state index contributed by atoms with van der Waals surface area (Å²) in [5, 5.41) is 10.9. The lowest BCUT2D eigenvalue weighted by molar-refractivity contribution is -0.0352. The Morgan fingerprint density at radius 3 is 2.43 bits per heavy atom. The average molecular weight is 294 g/mol. The van der Waals surface area contributed by atoms with Gasteiger partial charge in [0, 0.05) is 11.6 Å². The zero-order chi connectivity index (χ0) is 15.7. The molecular weight excluding hydrogens is 267 g/mol. The molecule has 0 heterocycles. The molecule has 0 bridgehead atoms. The van der Waals surface area contributed by atoms with Gasteiger partial charge in [-0.25, -0.2) is 4.39 Å². The van der Waals surface area contributed by atoms with Crippen molar-refractivity contribution in [2.24, 2.45) is 11.3 Å². The molecular formula is C18H27FO2. The standard InChI is InChI=1S/C18H27FO2/c1-5-17(2,3)13-8-10-18(20,11-9-13)15-7-6-14(21-4)12-16(15)19/h6-7,12-13,20H,5,8-11H2,1-4H3. The van der Waals surface area contributed by atoms with Crippen molar-refractivity contribution in [2.75, 3.05) is 7.11 Å². The van der Waals surface area contributed by atoms with E-state index >= 15 is 0 Å². The molecule has 3 heteroatoms. The fraction of sp³-hybridized carbons (Fsp3) is 0.667. The highest BCUT2D eigenvalue weighted by Gasteiger charge is 2.40. The quantitative estimate of drug-likeness (QED) is 0.876. The maximum absolute atomic E-state index is 14.2. The molecule has 1 aromatic rings. The molecule has 0 radical (unpaired) electrons. The Labute approximate surface area is 127 Å². The van der Waals surface area contributed by atoms with Crippen molar-refractivity contribution >= 4 is 0 Å². The average Bonchev–Trinajstić information content (AvgIpc) is 2.47. The van der Waals surface area contributed by atoms with Crippen molar-refractivity contribution in [3.63, 3.8) is 0 Å². The molecule has 0 aromatic heterocycles. The van der Waals surface area contributed by atoms with E-state index in [1.807, 2.05) is 0 Å². The minimum absolute atomic E-state index is 0.291. The predicted octanol–water partition coefficient (Wildman–Crippen LogP) is 4.65. The third-order valence-corrected chi connectivity index (χ3v) is 5.51. The van der Waals surface area contributed by atoms with Crippen molar-refractivity contribution in [2.45, 2.75) is 58.5 Å². The summed E-state index contributed by atoms with van der Waals surface area (Å²) in [6.07, 6.45) is 4.29. The maximum atomic E-state index is 14.2. The van der Waals surface area contributed by atoms with Crippen LogP contribution < -0.4 is 4.74 Å². The highest BCUT2D eigenvalue weighted by molar-refractivity contribution is 5.32. The van der Waals surface area contributed by atoms with E-state index in [1.54, 1.807) is 12.1 Å². The second kappa shape index (κ2) is 5.96. The van der Waals surface area contributed by atoms with E-state index in [1.165, 1.54) is 13.2 Å². The fourth-order valence-corrected chi connectivity index (χ4v) is 3.44. The van der Waals surface area contributed by atoms with Crippen LogP contribution in [0, 0.1) is 17.2 Å². The molecule has 2 rings (SSSR count). The van der Waals surface area contributed by atoms with Gasteiger partial charge in [0.15, 0.2) is 0 Å². The van der Waals surface area contributed by atoms with Crippen molar-refractivity contribution < 1.29 is 14.2 Å². The van der Waals surface area contributed by atoms with Crippen LogP contribution in [0.25, 0.3) is 0 Å². The van der Waals surface area contributed by atoms with Crippen molar-refractivity contribution in [1.82, 2.24) is 0 Å². The van der Waals surface area contributed by atoms with E-state index in [2.05, 4.69) is 20.8 Å². The zero-order valence-corrected chi connectivity index (χ0v) is 13.6. The van der Waals surface area contributed by atoms with Crippen LogP contribution in [-0.2, 0) is 5.60 Å². The van der Waals surface area contributed by atoms with E-state index in [9.17, 15) is 9.50 Å². The van der Waals surface area contributed by atoms with Crippen LogP contribution in [0.15, 0.2) is 18.2 Å². The van der Waals surface area contributed by atoms with Gasteiger partial charge in [0.25, 0.3) is 0 Å².